The molecular formula is C36H53N3O4. The maximum Gasteiger partial charge on any atom is 0.327 e. The fourth-order valence-electron chi connectivity index (χ4n) is 12.4. The fraction of sp³-hybridized carbons (Fsp3) is 0.806. The molecule has 7 heteroatoms. The van der Waals surface area contributed by atoms with Crippen LogP contribution in [0.1, 0.15) is 123 Å². The molecule has 0 bridgehead atoms. The summed E-state index contributed by atoms with van der Waals surface area (Å²) in [5, 5.41) is 8.46. The minimum Gasteiger partial charge on any atom is -0.465 e. The van der Waals surface area contributed by atoms with E-state index in [1.807, 2.05) is 0 Å². The molecule has 6 rings (SSSR count). The molecule has 43 heavy (non-hydrogen) atoms. The topological polar surface area (TPSA) is 91.2 Å². The summed E-state index contributed by atoms with van der Waals surface area (Å²) in [6, 6.07) is 0. The van der Waals surface area contributed by atoms with E-state index in [1.54, 1.807) is 13.1 Å². The highest BCUT2D eigenvalue weighted by atomic mass is 16.5. The highest BCUT2D eigenvalue weighted by Gasteiger charge is 2.72. The molecule has 9 atom stereocenters. The number of carbonyl (C=O) groups is 3. The molecule has 236 valence electrons. The number of allylic oxidation sites excluding steroid dienone is 1. The maximum absolute atomic E-state index is 14.6. The van der Waals surface area contributed by atoms with Gasteiger partial charge in [-0.15, -0.1) is 5.10 Å². The summed E-state index contributed by atoms with van der Waals surface area (Å²) in [7, 11) is 0. The van der Waals surface area contributed by atoms with Crippen LogP contribution >= 0.6 is 0 Å². The first-order valence-corrected chi connectivity index (χ1v) is 16.9. The zero-order valence-electron chi connectivity index (χ0n) is 27.6. The summed E-state index contributed by atoms with van der Waals surface area (Å²) in [6.45, 7) is 20.8. The van der Waals surface area contributed by atoms with E-state index >= 15 is 0 Å². The van der Waals surface area contributed by atoms with Gasteiger partial charge in [0.05, 0.1) is 12.8 Å². The normalized spacial score (nSPS) is 43.1. The van der Waals surface area contributed by atoms with E-state index in [1.165, 1.54) is 16.7 Å². The second-order valence-corrected chi connectivity index (χ2v) is 16.4. The molecule has 0 unspecified atom stereocenters. The van der Waals surface area contributed by atoms with Gasteiger partial charge in [-0.3, -0.25) is 14.4 Å². The third kappa shape index (κ3) is 4.14. The molecule has 5 fully saturated rings. The predicted octanol–water partition coefficient (Wildman–Crippen LogP) is 7.25. The van der Waals surface area contributed by atoms with Gasteiger partial charge in [0.25, 0.3) is 0 Å². The van der Waals surface area contributed by atoms with Gasteiger partial charge in [0.15, 0.2) is 5.78 Å². The zero-order valence-corrected chi connectivity index (χ0v) is 27.6. The minimum absolute atomic E-state index is 0.0401. The van der Waals surface area contributed by atoms with E-state index in [4.69, 9.17) is 4.74 Å². The highest BCUT2D eigenvalue weighted by Crippen LogP contribution is 2.77. The summed E-state index contributed by atoms with van der Waals surface area (Å²) in [5.41, 5.74) is 1.31. The van der Waals surface area contributed by atoms with Crippen LogP contribution in [0.25, 0.3) is 0 Å². The van der Waals surface area contributed by atoms with E-state index < -0.39 is 5.41 Å². The molecule has 0 saturated heterocycles. The number of ketones is 2. The van der Waals surface area contributed by atoms with Gasteiger partial charge in [-0.2, -0.15) is 0 Å². The minimum atomic E-state index is -0.470. The van der Waals surface area contributed by atoms with Gasteiger partial charge in [0.2, 0.25) is 0 Å². The Balaban J connectivity index is 1.35. The van der Waals surface area contributed by atoms with Crippen LogP contribution in [0.4, 0.5) is 0 Å². The molecule has 0 N–H and O–H groups in total. The van der Waals surface area contributed by atoms with E-state index in [0.717, 1.165) is 51.4 Å². The van der Waals surface area contributed by atoms with Crippen molar-refractivity contribution in [1.29, 1.82) is 0 Å². The molecule has 0 aliphatic heterocycles. The number of fused-ring (bicyclic) bond motifs is 7. The van der Waals surface area contributed by atoms with Crippen LogP contribution in [-0.2, 0) is 20.9 Å². The molecular weight excluding hydrogens is 538 g/mol. The molecule has 0 spiro atoms. The summed E-state index contributed by atoms with van der Waals surface area (Å²) in [4.78, 5) is 39.8. The second kappa shape index (κ2) is 10.1. The van der Waals surface area contributed by atoms with E-state index in [9.17, 15) is 14.4 Å². The number of hydrogen-bond acceptors (Lipinski definition) is 6. The molecule has 7 nitrogen and oxygen atoms in total. The molecule has 1 heterocycles. The average Bonchev–Trinajstić information content (AvgIpc) is 3.57. The number of aromatic nitrogens is 3. The predicted molar refractivity (Wildman–Crippen MR) is 165 cm³/mol. The summed E-state index contributed by atoms with van der Waals surface area (Å²) < 4.78 is 6.52. The zero-order chi connectivity index (χ0) is 31.2. The van der Waals surface area contributed by atoms with Crippen molar-refractivity contribution in [1.82, 2.24) is 15.0 Å². The van der Waals surface area contributed by atoms with Crippen LogP contribution in [0.2, 0.25) is 0 Å². The Labute approximate surface area is 258 Å². The van der Waals surface area contributed by atoms with Crippen LogP contribution in [0.15, 0.2) is 18.3 Å². The lowest BCUT2D eigenvalue weighted by atomic mass is 9.32. The first-order chi connectivity index (χ1) is 20.2. The lowest BCUT2D eigenvalue weighted by molar-refractivity contribution is -0.230. The first-order valence-electron chi connectivity index (χ1n) is 16.9. The number of carbonyl (C=O) groups excluding carboxylic acids is 3. The number of rotatable bonds is 6. The number of esters is 1. The van der Waals surface area contributed by atoms with Crippen LogP contribution in [0.5, 0.6) is 0 Å². The summed E-state index contributed by atoms with van der Waals surface area (Å²) >= 11 is 0. The second-order valence-electron chi connectivity index (χ2n) is 16.4. The fourth-order valence-corrected chi connectivity index (χ4v) is 12.4. The quantitative estimate of drug-likeness (QED) is 0.197. The van der Waals surface area contributed by atoms with Crippen LogP contribution in [0, 0.1) is 56.7 Å². The Bertz CT molecular complexity index is 1350. The van der Waals surface area contributed by atoms with Gasteiger partial charge < -0.3 is 4.74 Å². The third-order valence-electron chi connectivity index (χ3n) is 14.6. The number of Topliss-reactive ketones (excluding diaryl/α,β-unsaturated/α-hetero) is 2. The molecule has 0 amide bonds. The van der Waals surface area contributed by atoms with Crippen LogP contribution in [-0.4, -0.2) is 39.1 Å². The van der Waals surface area contributed by atoms with Gasteiger partial charge in [-0.25, -0.2) is 4.68 Å². The van der Waals surface area contributed by atoms with E-state index in [-0.39, 0.29) is 45.9 Å². The highest BCUT2D eigenvalue weighted by molar-refractivity contribution is 5.99. The Morgan fingerprint density at radius 1 is 0.977 bits per heavy atom. The Morgan fingerprint density at radius 2 is 1.72 bits per heavy atom. The first kappa shape index (κ1) is 30.7. The van der Waals surface area contributed by atoms with Crippen molar-refractivity contribution >= 4 is 17.5 Å². The number of ether oxygens (including phenoxy) is 1. The van der Waals surface area contributed by atoms with Crippen molar-refractivity contribution in [3.63, 3.8) is 0 Å². The summed E-state index contributed by atoms with van der Waals surface area (Å²) in [6.07, 6.45) is 11.7. The molecule has 5 aliphatic rings. The number of nitrogens with zero attached hydrogens (tertiary/aromatic N) is 3. The van der Waals surface area contributed by atoms with Crippen molar-refractivity contribution in [2.45, 2.75) is 119 Å². The van der Waals surface area contributed by atoms with Gasteiger partial charge in [-0.1, -0.05) is 52.0 Å². The molecule has 0 radical (unpaired) electrons. The molecule has 1 aromatic rings. The number of hydrogen-bond donors (Lipinski definition) is 0. The van der Waals surface area contributed by atoms with E-state index in [2.05, 4.69) is 58.4 Å². The monoisotopic (exact) mass is 591 g/mol. The van der Waals surface area contributed by atoms with Crippen molar-refractivity contribution in [2.75, 3.05) is 6.61 Å². The lowest BCUT2D eigenvalue weighted by Gasteiger charge is -2.72. The van der Waals surface area contributed by atoms with Crippen molar-refractivity contribution in [3.8, 4) is 0 Å². The van der Waals surface area contributed by atoms with Gasteiger partial charge >= 0.3 is 5.97 Å². The Hall–Kier alpha value is -2.31. The van der Waals surface area contributed by atoms with Crippen LogP contribution in [0.3, 0.4) is 0 Å². The standard InChI is InChI=1S/C36H53N3O4/c1-9-43-29(41)21-39-20-25(37-38-39)31(42)36-17-12-23(22(2)3)30(36)24-10-11-27-33(6)15-14-28(40)32(4,5)26(33)13-16-35(27,8)34(24,7)18-19-36/h20,23-24,26-27,30H,2,9-19,21H2,1,3-8H3/t23-,24+,26-,27+,30+,33-,34+,35+,36-/m0/s1. The molecule has 5 aliphatic carbocycles. The van der Waals surface area contributed by atoms with Crippen molar-refractivity contribution < 1.29 is 19.1 Å². The van der Waals surface area contributed by atoms with E-state index in [0.29, 0.717) is 48.2 Å². The summed E-state index contributed by atoms with van der Waals surface area (Å²) in [5.74, 6) is 2.20. The molecule has 1 aromatic heterocycles. The average molecular weight is 592 g/mol. The maximum atomic E-state index is 14.6. The Morgan fingerprint density at radius 3 is 2.42 bits per heavy atom. The van der Waals surface area contributed by atoms with Crippen LogP contribution < -0.4 is 0 Å². The smallest absolute Gasteiger partial charge is 0.327 e. The SMILES string of the molecule is C=C(C)[C@@H]1CC[C@]2(C(=O)c3cn(CC(=O)OCC)nn3)CC[C@]3(C)[C@H](CC[C@@H]4[C@@]5(C)CCC(=O)C(C)(C)[C@@H]5CC[C@]43C)[C@@H]12. The van der Waals surface area contributed by atoms with Gasteiger partial charge in [0, 0.05) is 17.3 Å². The molecule has 0 aromatic carbocycles. The Kier molecular flexibility index (Phi) is 7.21. The lowest BCUT2D eigenvalue weighted by Crippen LogP contribution is -2.66. The third-order valence-corrected chi connectivity index (χ3v) is 14.6. The largest absolute Gasteiger partial charge is 0.465 e. The van der Waals surface area contributed by atoms with Gasteiger partial charge in [0.1, 0.15) is 18.0 Å². The molecule has 5 saturated carbocycles. The van der Waals surface area contributed by atoms with Crippen molar-refractivity contribution in [3.05, 3.63) is 24.0 Å². The van der Waals surface area contributed by atoms with Crippen molar-refractivity contribution in [2.24, 2.45) is 56.7 Å². The van der Waals surface area contributed by atoms with Gasteiger partial charge in [-0.05, 0) is 117 Å².